The zero-order valence-corrected chi connectivity index (χ0v) is 12.4. The molecular weight excluding hydrogens is 292 g/mol. The Kier molecular flexibility index (Phi) is 5.57. The molecular formula is C15H16O5S. The number of carboxylic acid groups (broad SMARTS) is 1. The van der Waals surface area contributed by atoms with Crippen LogP contribution in [-0.4, -0.2) is 30.0 Å². The normalized spacial score (nSPS) is 10.3. The van der Waals surface area contributed by atoms with Crippen molar-refractivity contribution in [2.45, 2.75) is 12.0 Å². The van der Waals surface area contributed by atoms with Gasteiger partial charge in [-0.05, 0) is 31.2 Å². The predicted molar refractivity (Wildman–Crippen MR) is 79.5 cm³/mol. The van der Waals surface area contributed by atoms with E-state index in [0.717, 1.165) is 5.75 Å². The summed E-state index contributed by atoms with van der Waals surface area (Å²) in [5.41, 5.74) is 0. The number of carboxylic acids is 1. The average Bonchev–Trinajstić information content (AvgIpc) is 2.94. The van der Waals surface area contributed by atoms with Crippen LogP contribution in [0.15, 0.2) is 45.9 Å². The van der Waals surface area contributed by atoms with Crippen molar-refractivity contribution in [3.63, 3.8) is 0 Å². The molecule has 0 atom stereocenters. The highest BCUT2D eigenvalue weighted by atomic mass is 32.2. The van der Waals surface area contributed by atoms with Crippen molar-refractivity contribution in [2.75, 3.05) is 19.0 Å². The maximum atomic E-state index is 10.7. The van der Waals surface area contributed by atoms with Crippen molar-refractivity contribution in [2.24, 2.45) is 0 Å². The average molecular weight is 308 g/mol. The van der Waals surface area contributed by atoms with E-state index in [0.29, 0.717) is 29.8 Å². The molecule has 2 rings (SSSR count). The summed E-state index contributed by atoms with van der Waals surface area (Å²) in [6, 6.07) is 10.6. The van der Waals surface area contributed by atoms with Crippen LogP contribution < -0.4 is 9.47 Å². The molecule has 0 spiro atoms. The van der Waals surface area contributed by atoms with Crippen LogP contribution in [0.25, 0.3) is 0 Å². The molecule has 21 heavy (non-hydrogen) atoms. The van der Waals surface area contributed by atoms with E-state index in [9.17, 15) is 4.79 Å². The number of hydrogen-bond acceptors (Lipinski definition) is 5. The molecule has 0 aliphatic carbocycles. The fraction of sp³-hybridized carbons (Fsp3) is 0.267. The first-order chi connectivity index (χ1) is 10.2. The van der Waals surface area contributed by atoms with Gasteiger partial charge in [0, 0.05) is 5.75 Å². The third-order valence-corrected chi connectivity index (χ3v) is 3.40. The Labute approximate surface area is 126 Å². The molecule has 0 fully saturated rings. The summed E-state index contributed by atoms with van der Waals surface area (Å²) in [6.07, 6.45) is 0. The molecule has 0 saturated carbocycles. The molecule has 0 amide bonds. The van der Waals surface area contributed by atoms with Gasteiger partial charge in [0.1, 0.15) is 0 Å². The minimum absolute atomic E-state index is 0.0555. The quantitative estimate of drug-likeness (QED) is 0.594. The van der Waals surface area contributed by atoms with E-state index in [1.54, 1.807) is 6.07 Å². The van der Waals surface area contributed by atoms with Crippen molar-refractivity contribution >= 4 is 17.7 Å². The Balaban J connectivity index is 1.80. The summed E-state index contributed by atoms with van der Waals surface area (Å²) in [5.74, 6) is 0.943. The van der Waals surface area contributed by atoms with E-state index in [2.05, 4.69) is 0 Å². The number of carbonyl (C=O) groups is 1. The Bertz CT molecular complexity index is 593. The number of benzene rings is 1. The fourth-order valence-electron chi connectivity index (χ4n) is 1.65. The van der Waals surface area contributed by atoms with Gasteiger partial charge in [-0.15, -0.1) is 0 Å². The number of thioether (sulfide) groups is 1. The molecule has 1 heterocycles. The number of ether oxygens (including phenoxy) is 2. The smallest absolute Gasteiger partial charge is 0.371 e. The zero-order valence-electron chi connectivity index (χ0n) is 11.6. The van der Waals surface area contributed by atoms with Crippen LogP contribution in [0.1, 0.15) is 17.5 Å². The van der Waals surface area contributed by atoms with Crippen LogP contribution >= 0.6 is 11.8 Å². The Morgan fingerprint density at radius 2 is 1.90 bits per heavy atom. The van der Waals surface area contributed by atoms with Crippen LogP contribution in [0.4, 0.5) is 0 Å². The molecule has 0 radical (unpaired) electrons. The number of furan rings is 1. The summed E-state index contributed by atoms with van der Waals surface area (Å²) in [6.45, 7) is 2.97. The highest BCUT2D eigenvalue weighted by Gasteiger charge is 2.09. The van der Waals surface area contributed by atoms with Crippen molar-refractivity contribution in [1.29, 1.82) is 0 Å². The number of rotatable bonds is 8. The third-order valence-electron chi connectivity index (χ3n) is 2.53. The van der Waals surface area contributed by atoms with E-state index >= 15 is 0 Å². The molecule has 1 aromatic heterocycles. The van der Waals surface area contributed by atoms with Crippen LogP contribution in [0, 0.1) is 0 Å². The molecule has 0 saturated heterocycles. The van der Waals surface area contributed by atoms with Gasteiger partial charge < -0.3 is 19.0 Å². The number of hydrogen-bond donors (Lipinski definition) is 1. The lowest BCUT2D eigenvalue weighted by atomic mass is 10.3. The third kappa shape index (κ3) is 4.46. The monoisotopic (exact) mass is 308 g/mol. The SMILES string of the molecule is CCOc1ccccc1OCCSc1ccc(C(=O)O)o1. The second-order valence-corrected chi connectivity index (χ2v) is 5.10. The minimum atomic E-state index is -1.07. The highest BCUT2D eigenvalue weighted by Crippen LogP contribution is 2.27. The first kappa shape index (κ1) is 15.3. The van der Waals surface area contributed by atoms with E-state index in [1.165, 1.54) is 17.8 Å². The van der Waals surface area contributed by atoms with Gasteiger partial charge in [0.05, 0.1) is 13.2 Å². The largest absolute Gasteiger partial charge is 0.490 e. The molecule has 1 N–H and O–H groups in total. The van der Waals surface area contributed by atoms with Gasteiger partial charge in [0.15, 0.2) is 16.6 Å². The maximum Gasteiger partial charge on any atom is 0.371 e. The van der Waals surface area contributed by atoms with Crippen LogP contribution in [0.5, 0.6) is 11.5 Å². The Hall–Kier alpha value is -2.08. The Morgan fingerprint density at radius 1 is 1.19 bits per heavy atom. The van der Waals surface area contributed by atoms with Crippen LogP contribution in [0.3, 0.4) is 0 Å². The molecule has 5 nitrogen and oxygen atoms in total. The number of aromatic carboxylic acids is 1. The van der Waals surface area contributed by atoms with E-state index in [1.807, 2.05) is 31.2 Å². The second-order valence-electron chi connectivity index (χ2n) is 4.00. The predicted octanol–water partition coefficient (Wildman–Crippen LogP) is 3.55. The van der Waals surface area contributed by atoms with Gasteiger partial charge >= 0.3 is 5.97 Å². The van der Waals surface area contributed by atoms with Gasteiger partial charge in [0.2, 0.25) is 5.76 Å². The first-order valence-electron chi connectivity index (χ1n) is 6.51. The second kappa shape index (κ2) is 7.64. The van der Waals surface area contributed by atoms with Crippen molar-refractivity contribution in [1.82, 2.24) is 0 Å². The molecule has 0 unspecified atom stereocenters. The van der Waals surface area contributed by atoms with E-state index in [4.69, 9.17) is 19.0 Å². The highest BCUT2D eigenvalue weighted by molar-refractivity contribution is 7.99. The first-order valence-corrected chi connectivity index (χ1v) is 7.50. The summed E-state index contributed by atoms with van der Waals surface area (Å²) < 4.78 is 16.3. The van der Waals surface area contributed by atoms with Crippen molar-refractivity contribution in [3.8, 4) is 11.5 Å². The van der Waals surface area contributed by atoms with Gasteiger partial charge in [-0.3, -0.25) is 0 Å². The summed E-state index contributed by atoms with van der Waals surface area (Å²) in [5, 5.41) is 9.32. The van der Waals surface area contributed by atoms with Crippen molar-refractivity contribution < 1.29 is 23.8 Å². The Morgan fingerprint density at radius 3 is 2.52 bits per heavy atom. The molecule has 0 aliphatic rings. The molecule has 2 aromatic rings. The maximum absolute atomic E-state index is 10.7. The van der Waals surface area contributed by atoms with Crippen molar-refractivity contribution in [3.05, 3.63) is 42.2 Å². The lowest BCUT2D eigenvalue weighted by Gasteiger charge is -2.10. The number of para-hydroxylation sites is 2. The minimum Gasteiger partial charge on any atom is -0.490 e. The molecule has 112 valence electrons. The summed E-state index contributed by atoms with van der Waals surface area (Å²) in [4.78, 5) is 10.7. The van der Waals surface area contributed by atoms with Gasteiger partial charge in [-0.1, -0.05) is 23.9 Å². The van der Waals surface area contributed by atoms with Crippen LogP contribution in [0.2, 0.25) is 0 Å². The molecule has 0 aliphatic heterocycles. The fourth-order valence-corrected chi connectivity index (χ4v) is 2.33. The van der Waals surface area contributed by atoms with E-state index < -0.39 is 5.97 Å². The molecule has 0 bridgehead atoms. The standard InChI is InChI=1S/C15H16O5S/c1-2-18-11-5-3-4-6-12(11)19-9-10-21-14-8-7-13(20-14)15(16)17/h3-8H,2,9-10H2,1H3,(H,16,17). The molecule has 1 aromatic carbocycles. The summed E-state index contributed by atoms with van der Waals surface area (Å²) in [7, 11) is 0. The lowest BCUT2D eigenvalue weighted by Crippen LogP contribution is -2.02. The van der Waals surface area contributed by atoms with Gasteiger partial charge in [-0.25, -0.2) is 4.79 Å². The molecule has 6 heteroatoms. The summed E-state index contributed by atoms with van der Waals surface area (Å²) >= 11 is 1.40. The lowest BCUT2D eigenvalue weighted by molar-refractivity contribution is 0.0656. The van der Waals surface area contributed by atoms with Crippen LogP contribution in [-0.2, 0) is 0 Å². The van der Waals surface area contributed by atoms with E-state index in [-0.39, 0.29) is 5.76 Å². The topological polar surface area (TPSA) is 68.9 Å². The zero-order chi connectivity index (χ0) is 15.1. The van der Waals surface area contributed by atoms with Gasteiger partial charge in [-0.2, -0.15) is 0 Å². The van der Waals surface area contributed by atoms with Gasteiger partial charge in [0.25, 0.3) is 0 Å².